The van der Waals surface area contributed by atoms with Crippen molar-refractivity contribution in [1.82, 2.24) is 9.62 Å². The molecule has 1 fully saturated rings. The van der Waals surface area contributed by atoms with Crippen LogP contribution in [0.4, 0.5) is 0 Å². The molecule has 1 aromatic carbocycles. The van der Waals surface area contributed by atoms with Crippen LogP contribution in [0.1, 0.15) is 18.4 Å². The summed E-state index contributed by atoms with van der Waals surface area (Å²) in [6.07, 6.45) is 6.08. The standard InChI is InChI=1S/C16H21BrN2O3S/c1-23(21,22)19-10-8-13(9-11-19)12-18-16(20)7-6-14-4-2-3-5-15(14)17/h2-7,13H,8-12H2,1H3,(H,18,20)/b7-6+. The van der Waals surface area contributed by atoms with E-state index in [0.717, 1.165) is 22.9 Å². The van der Waals surface area contributed by atoms with Crippen molar-refractivity contribution in [1.29, 1.82) is 0 Å². The van der Waals surface area contributed by atoms with Gasteiger partial charge >= 0.3 is 0 Å². The molecule has 7 heteroatoms. The number of nitrogens with zero attached hydrogens (tertiary/aromatic N) is 1. The fourth-order valence-electron chi connectivity index (χ4n) is 2.52. The number of benzene rings is 1. The lowest BCUT2D eigenvalue weighted by Gasteiger charge is -2.30. The van der Waals surface area contributed by atoms with E-state index in [4.69, 9.17) is 0 Å². The summed E-state index contributed by atoms with van der Waals surface area (Å²) in [5.74, 6) is 0.195. The maximum absolute atomic E-state index is 11.9. The Hall–Kier alpha value is -1.18. The first kappa shape index (κ1) is 18.2. The van der Waals surface area contributed by atoms with Gasteiger partial charge in [0.2, 0.25) is 15.9 Å². The van der Waals surface area contributed by atoms with Crippen LogP contribution >= 0.6 is 15.9 Å². The highest BCUT2D eigenvalue weighted by atomic mass is 79.9. The Morgan fingerprint density at radius 1 is 1.35 bits per heavy atom. The second-order valence-corrected chi connectivity index (χ2v) is 8.54. The van der Waals surface area contributed by atoms with Crippen LogP contribution in [0.15, 0.2) is 34.8 Å². The zero-order valence-electron chi connectivity index (χ0n) is 13.0. The van der Waals surface area contributed by atoms with Crippen LogP contribution in [0, 0.1) is 5.92 Å². The molecule has 0 aromatic heterocycles. The molecule has 1 heterocycles. The molecule has 1 N–H and O–H groups in total. The molecule has 0 unspecified atom stereocenters. The first-order valence-corrected chi connectivity index (χ1v) is 10.2. The third-order valence-electron chi connectivity index (χ3n) is 3.93. The molecule has 1 aliphatic heterocycles. The van der Waals surface area contributed by atoms with Crippen molar-refractivity contribution in [2.75, 3.05) is 25.9 Å². The zero-order chi connectivity index (χ0) is 16.9. The van der Waals surface area contributed by atoms with E-state index in [9.17, 15) is 13.2 Å². The summed E-state index contributed by atoms with van der Waals surface area (Å²) < 4.78 is 25.3. The molecule has 0 aliphatic carbocycles. The smallest absolute Gasteiger partial charge is 0.244 e. The minimum Gasteiger partial charge on any atom is -0.352 e. The Balaban J connectivity index is 1.77. The summed E-state index contributed by atoms with van der Waals surface area (Å²) in [6.45, 7) is 1.65. The van der Waals surface area contributed by atoms with Crippen molar-refractivity contribution in [3.05, 3.63) is 40.4 Å². The summed E-state index contributed by atoms with van der Waals surface area (Å²) in [4.78, 5) is 11.9. The van der Waals surface area contributed by atoms with Crippen molar-refractivity contribution in [2.24, 2.45) is 5.92 Å². The van der Waals surface area contributed by atoms with E-state index in [1.54, 1.807) is 6.08 Å². The van der Waals surface area contributed by atoms with Gasteiger partial charge < -0.3 is 5.32 Å². The van der Waals surface area contributed by atoms with E-state index in [2.05, 4.69) is 21.2 Å². The van der Waals surface area contributed by atoms with Crippen LogP contribution in [0.2, 0.25) is 0 Å². The molecular formula is C16H21BrN2O3S. The summed E-state index contributed by atoms with van der Waals surface area (Å²) in [7, 11) is -3.09. The lowest BCUT2D eigenvalue weighted by atomic mass is 9.98. The number of piperidine rings is 1. The van der Waals surface area contributed by atoms with E-state index >= 15 is 0 Å². The maximum Gasteiger partial charge on any atom is 0.244 e. The Labute approximate surface area is 145 Å². The number of amides is 1. The first-order chi connectivity index (χ1) is 10.9. The molecule has 0 spiro atoms. The molecule has 1 aromatic rings. The van der Waals surface area contributed by atoms with Crippen LogP contribution in [0.5, 0.6) is 0 Å². The van der Waals surface area contributed by atoms with Gasteiger partial charge in [0.25, 0.3) is 0 Å². The van der Waals surface area contributed by atoms with Gasteiger partial charge in [-0.15, -0.1) is 0 Å². The summed E-state index contributed by atoms with van der Waals surface area (Å²) in [5, 5.41) is 2.89. The third-order valence-corrected chi connectivity index (χ3v) is 5.95. The first-order valence-electron chi connectivity index (χ1n) is 7.52. The van der Waals surface area contributed by atoms with Crippen LogP contribution in [-0.2, 0) is 14.8 Å². The minimum absolute atomic E-state index is 0.133. The number of hydrogen-bond donors (Lipinski definition) is 1. The van der Waals surface area contributed by atoms with E-state index in [1.165, 1.54) is 16.6 Å². The van der Waals surface area contributed by atoms with E-state index in [0.29, 0.717) is 25.6 Å². The van der Waals surface area contributed by atoms with E-state index in [1.807, 2.05) is 24.3 Å². The van der Waals surface area contributed by atoms with E-state index in [-0.39, 0.29) is 5.91 Å². The average molecular weight is 401 g/mol. The van der Waals surface area contributed by atoms with E-state index < -0.39 is 10.0 Å². The molecule has 1 amide bonds. The molecule has 5 nitrogen and oxygen atoms in total. The highest BCUT2D eigenvalue weighted by Crippen LogP contribution is 2.19. The molecule has 1 saturated heterocycles. The number of halogens is 1. The molecule has 23 heavy (non-hydrogen) atoms. The normalized spacial score (nSPS) is 17.5. The molecule has 2 rings (SSSR count). The molecular weight excluding hydrogens is 380 g/mol. The predicted octanol–water partition coefficient (Wildman–Crippen LogP) is 2.25. The summed E-state index contributed by atoms with van der Waals surface area (Å²) in [5.41, 5.74) is 0.948. The third kappa shape index (κ3) is 5.75. The molecule has 0 radical (unpaired) electrons. The van der Waals surface area contributed by atoms with Gasteiger partial charge in [0, 0.05) is 30.2 Å². The van der Waals surface area contributed by atoms with Gasteiger partial charge in [0.05, 0.1) is 6.26 Å². The SMILES string of the molecule is CS(=O)(=O)N1CCC(CNC(=O)/C=C/c2ccccc2Br)CC1. The fourth-order valence-corrected chi connectivity index (χ4v) is 3.82. The van der Waals surface area contributed by atoms with Crippen molar-refractivity contribution in [3.8, 4) is 0 Å². The van der Waals surface area contributed by atoms with Crippen molar-refractivity contribution in [2.45, 2.75) is 12.8 Å². The lowest BCUT2D eigenvalue weighted by Crippen LogP contribution is -2.40. The van der Waals surface area contributed by atoms with Gasteiger partial charge in [-0.05, 0) is 36.5 Å². The molecule has 126 valence electrons. The second-order valence-electron chi connectivity index (χ2n) is 5.71. The van der Waals surface area contributed by atoms with Crippen molar-refractivity contribution < 1.29 is 13.2 Å². The highest BCUT2D eigenvalue weighted by molar-refractivity contribution is 9.10. The number of carbonyl (C=O) groups is 1. The molecule has 0 bridgehead atoms. The van der Waals surface area contributed by atoms with Crippen molar-refractivity contribution >= 4 is 37.9 Å². The second kappa shape index (κ2) is 8.08. The Morgan fingerprint density at radius 2 is 2.00 bits per heavy atom. The monoisotopic (exact) mass is 400 g/mol. The van der Waals surface area contributed by atoms with Gasteiger partial charge in [-0.1, -0.05) is 34.1 Å². The largest absolute Gasteiger partial charge is 0.352 e. The molecule has 0 atom stereocenters. The van der Waals surface area contributed by atoms with Crippen LogP contribution in [0.3, 0.4) is 0 Å². The summed E-state index contributed by atoms with van der Waals surface area (Å²) >= 11 is 3.43. The maximum atomic E-state index is 11.9. The highest BCUT2D eigenvalue weighted by Gasteiger charge is 2.24. The van der Waals surface area contributed by atoms with Gasteiger partial charge in [0.15, 0.2) is 0 Å². The van der Waals surface area contributed by atoms with Crippen LogP contribution in [-0.4, -0.2) is 44.5 Å². The number of carbonyl (C=O) groups excluding carboxylic acids is 1. The fraction of sp³-hybridized carbons (Fsp3) is 0.438. The quantitative estimate of drug-likeness (QED) is 0.770. The minimum atomic E-state index is -3.09. The van der Waals surface area contributed by atoms with Crippen molar-refractivity contribution in [3.63, 3.8) is 0 Å². The number of sulfonamides is 1. The predicted molar refractivity (Wildman–Crippen MR) is 95.3 cm³/mol. The Bertz CT molecular complexity index is 680. The van der Waals surface area contributed by atoms with Gasteiger partial charge in [0.1, 0.15) is 0 Å². The molecule has 1 aliphatic rings. The summed E-state index contributed by atoms with van der Waals surface area (Å²) in [6, 6.07) is 7.68. The number of rotatable bonds is 5. The Morgan fingerprint density at radius 3 is 2.61 bits per heavy atom. The van der Waals surface area contributed by atoms with Crippen LogP contribution < -0.4 is 5.32 Å². The van der Waals surface area contributed by atoms with Crippen LogP contribution in [0.25, 0.3) is 6.08 Å². The number of hydrogen-bond acceptors (Lipinski definition) is 3. The number of nitrogens with one attached hydrogen (secondary N) is 1. The lowest BCUT2D eigenvalue weighted by molar-refractivity contribution is -0.116. The zero-order valence-corrected chi connectivity index (χ0v) is 15.4. The average Bonchev–Trinajstić information content (AvgIpc) is 2.51. The Kier molecular flexibility index (Phi) is 6.38. The van der Waals surface area contributed by atoms with Gasteiger partial charge in [-0.2, -0.15) is 0 Å². The molecule has 0 saturated carbocycles. The van der Waals surface area contributed by atoms with Gasteiger partial charge in [-0.3, -0.25) is 4.79 Å². The topological polar surface area (TPSA) is 66.5 Å². The van der Waals surface area contributed by atoms with Gasteiger partial charge in [-0.25, -0.2) is 12.7 Å².